The molecule has 1 amide bonds. The summed E-state index contributed by atoms with van der Waals surface area (Å²) in [6, 6.07) is 7.36. The summed E-state index contributed by atoms with van der Waals surface area (Å²) in [5.74, 6) is -0.953. The van der Waals surface area contributed by atoms with Crippen LogP contribution in [-0.2, 0) is 25.7 Å². The van der Waals surface area contributed by atoms with Crippen LogP contribution < -0.4 is 10.1 Å². The fourth-order valence-corrected chi connectivity index (χ4v) is 4.93. The number of rotatable bonds is 11. The van der Waals surface area contributed by atoms with Crippen molar-refractivity contribution in [3.63, 3.8) is 0 Å². The van der Waals surface area contributed by atoms with E-state index in [1.54, 1.807) is 35.0 Å². The molecule has 3 aromatic heterocycles. The molecule has 40 heavy (non-hydrogen) atoms. The second-order valence-electron chi connectivity index (χ2n) is 9.91. The van der Waals surface area contributed by atoms with Gasteiger partial charge < -0.3 is 19.6 Å². The number of ether oxygens (including phenoxy) is 2. The van der Waals surface area contributed by atoms with Crippen molar-refractivity contribution >= 4 is 45.4 Å². The first-order valence-corrected chi connectivity index (χ1v) is 13.5. The Kier molecular flexibility index (Phi) is 7.63. The fraction of sp³-hybridized carbons (Fsp3) is 0.321. The Morgan fingerprint density at radius 1 is 1.25 bits per heavy atom. The lowest BCUT2D eigenvalue weighted by Gasteiger charge is -2.17. The summed E-state index contributed by atoms with van der Waals surface area (Å²) >= 11 is 1.43. The van der Waals surface area contributed by atoms with Crippen LogP contribution in [0.25, 0.3) is 20.7 Å². The van der Waals surface area contributed by atoms with E-state index in [0.29, 0.717) is 36.9 Å². The molecule has 1 atom stereocenters. The maximum absolute atomic E-state index is 14.9. The van der Waals surface area contributed by atoms with Gasteiger partial charge in [-0.15, -0.1) is 11.3 Å². The third kappa shape index (κ3) is 5.73. The van der Waals surface area contributed by atoms with Crippen LogP contribution in [0.4, 0.5) is 10.1 Å². The van der Waals surface area contributed by atoms with Gasteiger partial charge in [0, 0.05) is 40.7 Å². The van der Waals surface area contributed by atoms with Crippen molar-refractivity contribution in [1.29, 1.82) is 0 Å². The highest BCUT2D eigenvalue weighted by molar-refractivity contribution is 7.22. The minimum absolute atomic E-state index is 0.0112. The molecule has 12 heteroatoms. The average Bonchev–Trinajstić information content (AvgIpc) is 3.38. The summed E-state index contributed by atoms with van der Waals surface area (Å²) in [5, 5.41) is 6.97. The molecular weight excluding hydrogens is 537 g/mol. The number of nitrogens with zero attached hydrogens (tertiary/aromatic N) is 4. The number of aromatic nitrogens is 3. The summed E-state index contributed by atoms with van der Waals surface area (Å²) in [6.45, 7) is 2.40. The van der Waals surface area contributed by atoms with Crippen LogP contribution in [0, 0.1) is 11.2 Å². The molecule has 208 valence electrons. The number of halogens is 1. The molecular formula is C28H28FN5O5S. The first-order chi connectivity index (χ1) is 19.2. The third-order valence-corrected chi connectivity index (χ3v) is 8.04. The van der Waals surface area contributed by atoms with Crippen LogP contribution in [0.5, 0.6) is 11.5 Å². The van der Waals surface area contributed by atoms with Crippen molar-refractivity contribution < 1.29 is 28.2 Å². The van der Waals surface area contributed by atoms with Crippen molar-refractivity contribution in [2.24, 2.45) is 5.41 Å². The van der Waals surface area contributed by atoms with Crippen LogP contribution in [0.1, 0.15) is 19.8 Å². The molecule has 1 aliphatic carbocycles. The molecule has 0 bridgehead atoms. The maximum Gasteiger partial charge on any atom is 0.323 e. The van der Waals surface area contributed by atoms with Gasteiger partial charge in [0.05, 0.1) is 23.0 Å². The van der Waals surface area contributed by atoms with Crippen LogP contribution >= 0.6 is 11.3 Å². The lowest BCUT2D eigenvalue weighted by Crippen LogP contribution is -2.34. The van der Waals surface area contributed by atoms with Gasteiger partial charge in [0.15, 0.2) is 11.6 Å². The molecule has 1 aromatic carbocycles. The molecule has 1 saturated carbocycles. The second-order valence-corrected chi connectivity index (χ2v) is 11.0. The Balaban J connectivity index is 1.26. The minimum atomic E-state index is -0.987. The molecule has 1 aliphatic rings. The number of aldehydes is 1. The Morgan fingerprint density at radius 2 is 2.05 bits per heavy atom. The predicted octanol–water partition coefficient (Wildman–Crippen LogP) is 4.50. The quantitative estimate of drug-likeness (QED) is 0.161. The predicted molar refractivity (Wildman–Crippen MR) is 148 cm³/mol. The summed E-state index contributed by atoms with van der Waals surface area (Å²) in [4.78, 5) is 42.6. The zero-order valence-corrected chi connectivity index (χ0v) is 23.0. The molecule has 1 fully saturated rings. The van der Waals surface area contributed by atoms with E-state index in [1.807, 2.05) is 26.4 Å². The molecule has 0 spiro atoms. The second kappa shape index (κ2) is 11.1. The van der Waals surface area contributed by atoms with E-state index in [1.165, 1.54) is 29.5 Å². The van der Waals surface area contributed by atoms with Gasteiger partial charge in [0.2, 0.25) is 5.91 Å². The highest BCUT2D eigenvalue weighted by Crippen LogP contribution is 2.44. The van der Waals surface area contributed by atoms with Gasteiger partial charge >= 0.3 is 5.97 Å². The van der Waals surface area contributed by atoms with Gasteiger partial charge in [-0.1, -0.05) is 0 Å². The summed E-state index contributed by atoms with van der Waals surface area (Å²) in [5.41, 5.74) is 0.807. The van der Waals surface area contributed by atoms with Gasteiger partial charge in [-0.25, -0.2) is 4.39 Å². The number of thiophene rings is 1. The van der Waals surface area contributed by atoms with Gasteiger partial charge in [-0.3, -0.25) is 24.2 Å². The molecule has 1 N–H and O–H groups in total. The Bertz CT molecular complexity index is 1580. The highest BCUT2D eigenvalue weighted by atomic mass is 32.1. The smallest absolute Gasteiger partial charge is 0.323 e. The maximum atomic E-state index is 14.9. The Labute approximate surface area is 233 Å². The molecule has 10 nitrogen and oxygen atoms in total. The summed E-state index contributed by atoms with van der Waals surface area (Å²) in [7, 11) is 3.63. The van der Waals surface area contributed by atoms with E-state index in [4.69, 9.17) is 9.47 Å². The first kappa shape index (κ1) is 27.4. The highest BCUT2D eigenvalue weighted by Gasteiger charge is 2.50. The van der Waals surface area contributed by atoms with Crippen LogP contribution in [0.15, 0.2) is 48.9 Å². The van der Waals surface area contributed by atoms with Crippen LogP contribution in [-0.4, -0.2) is 64.6 Å². The zero-order valence-electron chi connectivity index (χ0n) is 22.2. The number of fused-ring (bicyclic) bond motifs is 1. The van der Waals surface area contributed by atoms with Gasteiger partial charge in [0.1, 0.15) is 30.1 Å². The molecule has 0 aliphatic heterocycles. The number of amides is 1. The fourth-order valence-electron chi connectivity index (χ4n) is 3.89. The molecule has 1 unspecified atom stereocenters. The average molecular weight is 566 g/mol. The number of esters is 1. The van der Waals surface area contributed by atoms with E-state index in [0.717, 1.165) is 15.1 Å². The number of hydrogen-bond donors (Lipinski definition) is 1. The van der Waals surface area contributed by atoms with E-state index >= 15 is 0 Å². The number of carbonyl (C=O) groups is 3. The summed E-state index contributed by atoms with van der Waals surface area (Å²) < 4.78 is 28.6. The molecule has 0 saturated heterocycles. The van der Waals surface area contributed by atoms with Gasteiger partial charge in [-0.2, -0.15) is 5.10 Å². The number of anilines is 1. The van der Waals surface area contributed by atoms with Gasteiger partial charge in [-0.05, 0) is 52.1 Å². The summed E-state index contributed by atoms with van der Waals surface area (Å²) in [6.07, 6.45) is 6.81. The molecule has 4 aromatic rings. The van der Waals surface area contributed by atoms with Crippen molar-refractivity contribution in [3.8, 4) is 21.9 Å². The number of pyridine rings is 1. The monoisotopic (exact) mass is 565 g/mol. The number of likely N-dealkylation sites (N-methyl/N-ethyl adjacent to an activating group) is 1. The lowest BCUT2D eigenvalue weighted by atomic mass is 10.1. The normalized spacial score (nSPS) is 14.6. The van der Waals surface area contributed by atoms with Crippen molar-refractivity contribution in [2.75, 3.05) is 26.0 Å². The van der Waals surface area contributed by atoms with Crippen molar-refractivity contribution in [1.82, 2.24) is 19.7 Å². The number of nitrogens with one attached hydrogen (secondary N) is 1. The first-order valence-electron chi connectivity index (χ1n) is 12.7. The topological polar surface area (TPSA) is 116 Å². The SMILES string of the molecule is CC(C(=O)OCCn1cc(-c2cc3nccc(Oc4ccc(NC(=O)C5(C=O)CC5)cc4F)c3s2)cn1)N(C)C. The van der Waals surface area contributed by atoms with Crippen molar-refractivity contribution in [3.05, 3.63) is 54.7 Å². The third-order valence-electron chi connectivity index (χ3n) is 6.85. The van der Waals surface area contributed by atoms with E-state index in [9.17, 15) is 18.8 Å². The largest absolute Gasteiger partial charge is 0.463 e. The van der Waals surface area contributed by atoms with Gasteiger partial charge in [0.25, 0.3) is 0 Å². The van der Waals surface area contributed by atoms with Crippen molar-refractivity contribution in [2.45, 2.75) is 32.4 Å². The van der Waals surface area contributed by atoms with E-state index in [-0.39, 0.29) is 30.1 Å². The van der Waals surface area contributed by atoms with E-state index in [2.05, 4.69) is 15.4 Å². The Hall–Kier alpha value is -4.16. The molecule has 5 rings (SSSR count). The lowest BCUT2D eigenvalue weighted by molar-refractivity contribution is -0.148. The number of benzene rings is 1. The number of carbonyl (C=O) groups excluding carboxylic acids is 3. The molecule has 3 heterocycles. The van der Waals surface area contributed by atoms with Crippen LogP contribution in [0.2, 0.25) is 0 Å². The molecule has 0 radical (unpaired) electrons. The van der Waals surface area contributed by atoms with Crippen LogP contribution in [0.3, 0.4) is 0 Å². The van der Waals surface area contributed by atoms with E-state index < -0.39 is 17.1 Å². The minimum Gasteiger partial charge on any atom is -0.463 e. The zero-order chi connectivity index (χ0) is 28.4. The number of hydrogen-bond acceptors (Lipinski definition) is 9. The standard InChI is InChI=1S/C28H28FN5O5S/c1-17(33(2)3)26(36)38-11-10-34-15-18(14-31-34)24-13-21-25(40-24)23(6-9-30-21)39-22-5-4-19(12-20(22)29)32-27(37)28(16-35)7-8-28/h4-6,9,12-17H,7-8,10-11H2,1-3H3,(H,32,37). The Morgan fingerprint density at radius 3 is 2.75 bits per heavy atom.